The minimum atomic E-state index is -0.646. The Hall–Kier alpha value is -2.45. The Labute approximate surface area is 219 Å². The Morgan fingerprint density at radius 3 is 2.59 bits per heavy atom. The molecule has 8 nitrogen and oxygen atoms in total. The van der Waals surface area contributed by atoms with Crippen molar-refractivity contribution in [1.82, 2.24) is 19.4 Å². The lowest BCUT2D eigenvalue weighted by Gasteiger charge is -2.35. The minimum Gasteiger partial charge on any atom is -0.378 e. The number of hydrogen-bond acceptors (Lipinski definition) is 5. The molecule has 3 aliphatic rings. The molecule has 1 aliphatic heterocycles. The van der Waals surface area contributed by atoms with Crippen molar-refractivity contribution in [3.63, 3.8) is 0 Å². The number of aryl methyl sites for hydroxylation is 1. The number of imidazole rings is 1. The van der Waals surface area contributed by atoms with Crippen LogP contribution in [0.1, 0.15) is 75.8 Å². The second-order valence-electron chi connectivity index (χ2n) is 11.6. The standard InChI is InChI=1S/C29H42N4O4/c1-31(19-20-8-4-3-5-9-20)14-7-15-37-23-17-21(18-23)16-22-10-6-11-24-27(22)32(2)29(36)33(24)25-12-13-26(34)30-28(25)35/h6,10-11,20-21,23,25H,3-5,7-9,12-19H2,1-2H3,(H,30,34,35). The highest BCUT2D eigenvalue weighted by atomic mass is 16.5. The molecule has 3 fully saturated rings. The van der Waals surface area contributed by atoms with E-state index < -0.39 is 11.9 Å². The summed E-state index contributed by atoms with van der Waals surface area (Å²) in [6, 6.07) is 5.32. The highest BCUT2D eigenvalue weighted by Crippen LogP contribution is 2.35. The van der Waals surface area contributed by atoms with Crippen molar-refractivity contribution in [3.05, 3.63) is 34.2 Å². The molecule has 0 radical (unpaired) electrons. The average molecular weight is 511 g/mol. The zero-order valence-corrected chi connectivity index (χ0v) is 22.4. The predicted octanol–water partition coefficient (Wildman–Crippen LogP) is 3.56. The van der Waals surface area contributed by atoms with Crippen molar-refractivity contribution >= 4 is 22.8 Å². The summed E-state index contributed by atoms with van der Waals surface area (Å²) in [6.45, 7) is 3.16. The first kappa shape index (κ1) is 26.2. The SMILES string of the molecule is CN(CCCOC1CC(Cc2cccc3c2n(C)c(=O)n3C2CCC(=O)NC2=O)C1)CC1CCCCC1. The molecular weight excluding hydrogens is 468 g/mol. The Bertz CT molecular complexity index is 1170. The number of benzene rings is 1. The van der Waals surface area contributed by atoms with E-state index >= 15 is 0 Å². The maximum atomic E-state index is 13.1. The van der Waals surface area contributed by atoms with Gasteiger partial charge in [0.05, 0.1) is 17.1 Å². The summed E-state index contributed by atoms with van der Waals surface area (Å²) in [4.78, 5) is 39.7. The first-order chi connectivity index (χ1) is 17.9. The number of carbonyl (C=O) groups excluding carboxylic acids is 2. The third kappa shape index (κ3) is 5.85. The summed E-state index contributed by atoms with van der Waals surface area (Å²) in [6.07, 6.45) is 12.0. The number of fused-ring (bicyclic) bond motifs is 1. The maximum Gasteiger partial charge on any atom is 0.329 e. The van der Waals surface area contributed by atoms with E-state index in [4.69, 9.17) is 4.74 Å². The average Bonchev–Trinajstić information content (AvgIpc) is 3.11. The maximum absolute atomic E-state index is 13.1. The lowest BCUT2D eigenvalue weighted by molar-refractivity contribution is -0.135. The fourth-order valence-corrected chi connectivity index (χ4v) is 6.69. The van der Waals surface area contributed by atoms with Gasteiger partial charge in [-0.1, -0.05) is 31.4 Å². The highest BCUT2D eigenvalue weighted by Gasteiger charge is 2.33. The van der Waals surface area contributed by atoms with Crippen LogP contribution in [0.5, 0.6) is 0 Å². The predicted molar refractivity (Wildman–Crippen MR) is 143 cm³/mol. The van der Waals surface area contributed by atoms with Gasteiger partial charge in [-0.05, 0) is 75.5 Å². The van der Waals surface area contributed by atoms with Crippen molar-refractivity contribution in [2.24, 2.45) is 18.9 Å². The van der Waals surface area contributed by atoms with Crippen LogP contribution in [0.2, 0.25) is 0 Å². The molecule has 2 aliphatic carbocycles. The van der Waals surface area contributed by atoms with Gasteiger partial charge in [0, 0.05) is 33.2 Å². The smallest absolute Gasteiger partial charge is 0.329 e. The van der Waals surface area contributed by atoms with E-state index in [9.17, 15) is 14.4 Å². The van der Waals surface area contributed by atoms with Crippen LogP contribution in [0.25, 0.3) is 11.0 Å². The van der Waals surface area contributed by atoms with Gasteiger partial charge in [-0.3, -0.25) is 24.0 Å². The molecule has 1 aromatic heterocycles. The Kier molecular flexibility index (Phi) is 8.15. The van der Waals surface area contributed by atoms with E-state index in [1.165, 1.54) is 38.6 Å². The summed E-state index contributed by atoms with van der Waals surface area (Å²) < 4.78 is 9.39. The number of nitrogens with one attached hydrogen (secondary N) is 1. The van der Waals surface area contributed by atoms with E-state index in [1.54, 1.807) is 16.2 Å². The number of ether oxygens (including phenoxy) is 1. The summed E-state index contributed by atoms with van der Waals surface area (Å²) >= 11 is 0. The van der Waals surface area contributed by atoms with Gasteiger partial charge >= 0.3 is 5.69 Å². The van der Waals surface area contributed by atoms with Crippen LogP contribution in [0.4, 0.5) is 0 Å². The van der Waals surface area contributed by atoms with Crippen molar-refractivity contribution in [3.8, 4) is 0 Å². The number of hydrogen-bond donors (Lipinski definition) is 1. The van der Waals surface area contributed by atoms with Crippen LogP contribution >= 0.6 is 0 Å². The Morgan fingerprint density at radius 1 is 1.05 bits per heavy atom. The number of nitrogens with zero attached hydrogens (tertiary/aromatic N) is 3. The van der Waals surface area contributed by atoms with Crippen molar-refractivity contribution in [1.29, 1.82) is 0 Å². The zero-order valence-electron chi connectivity index (χ0n) is 22.4. The van der Waals surface area contributed by atoms with Gasteiger partial charge in [0.1, 0.15) is 6.04 Å². The van der Waals surface area contributed by atoms with Crippen molar-refractivity contribution in [2.45, 2.75) is 82.8 Å². The van der Waals surface area contributed by atoms with Gasteiger partial charge in [0.15, 0.2) is 0 Å². The third-order valence-electron chi connectivity index (χ3n) is 8.74. The van der Waals surface area contributed by atoms with Gasteiger partial charge in [-0.15, -0.1) is 0 Å². The fraction of sp³-hybridized carbons (Fsp3) is 0.690. The van der Waals surface area contributed by atoms with E-state index in [-0.39, 0.29) is 18.0 Å². The molecule has 1 unspecified atom stereocenters. The summed E-state index contributed by atoms with van der Waals surface area (Å²) in [5.74, 6) is 0.759. The molecule has 0 bridgehead atoms. The van der Waals surface area contributed by atoms with Crippen LogP contribution in [-0.4, -0.2) is 58.7 Å². The van der Waals surface area contributed by atoms with Crippen molar-refractivity contribution in [2.75, 3.05) is 26.7 Å². The van der Waals surface area contributed by atoms with E-state index in [0.717, 1.165) is 61.3 Å². The molecule has 8 heteroatoms. The van der Waals surface area contributed by atoms with Crippen LogP contribution in [0.15, 0.2) is 23.0 Å². The first-order valence-electron chi connectivity index (χ1n) is 14.2. The molecule has 2 amide bonds. The second-order valence-corrected chi connectivity index (χ2v) is 11.6. The molecule has 5 rings (SSSR count). The number of piperidine rings is 1. The highest BCUT2D eigenvalue weighted by molar-refractivity contribution is 6.00. The second kappa shape index (κ2) is 11.5. The largest absolute Gasteiger partial charge is 0.378 e. The zero-order chi connectivity index (χ0) is 25.9. The summed E-state index contributed by atoms with van der Waals surface area (Å²) in [5, 5.41) is 2.38. The molecule has 2 aromatic rings. The monoisotopic (exact) mass is 510 g/mol. The summed E-state index contributed by atoms with van der Waals surface area (Å²) in [7, 11) is 4.02. The van der Waals surface area contributed by atoms with Crippen LogP contribution in [0.3, 0.4) is 0 Å². The molecule has 37 heavy (non-hydrogen) atoms. The number of para-hydroxylation sites is 1. The van der Waals surface area contributed by atoms with Gasteiger partial charge < -0.3 is 9.64 Å². The molecule has 202 valence electrons. The molecule has 1 saturated heterocycles. The lowest BCUT2D eigenvalue weighted by Crippen LogP contribution is -2.44. The number of carbonyl (C=O) groups is 2. The lowest BCUT2D eigenvalue weighted by atomic mass is 9.78. The Balaban J connectivity index is 1.12. The quantitative estimate of drug-likeness (QED) is 0.390. The van der Waals surface area contributed by atoms with Gasteiger partial charge in [0.2, 0.25) is 11.8 Å². The van der Waals surface area contributed by atoms with Crippen molar-refractivity contribution < 1.29 is 14.3 Å². The topological polar surface area (TPSA) is 85.6 Å². The number of rotatable bonds is 10. The van der Waals surface area contributed by atoms with Crippen LogP contribution in [0, 0.1) is 11.8 Å². The Morgan fingerprint density at radius 2 is 1.84 bits per heavy atom. The van der Waals surface area contributed by atoms with Crippen LogP contribution in [-0.2, 0) is 27.8 Å². The molecular formula is C29H42N4O4. The molecule has 2 heterocycles. The molecule has 1 atom stereocenters. The normalized spacial score (nSPS) is 25.0. The molecule has 0 spiro atoms. The van der Waals surface area contributed by atoms with E-state index in [2.05, 4.69) is 23.3 Å². The minimum absolute atomic E-state index is 0.208. The number of imide groups is 1. The fourth-order valence-electron chi connectivity index (χ4n) is 6.69. The van der Waals surface area contributed by atoms with E-state index in [1.807, 2.05) is 12.1 Å². The third-order valence-corrected chi connectivity index (χ3v) is 8.74. The molecule has 1 N–H and O–H groups in total. The van der Waals surface area contributed by atoms with Gasteiger partial charge in [0.25, 0.3) is 0 Å². The van der Waals surface area contributed by atoms with E-state index in [0.29, 0.717) is 18.4 Å². The molecule has 1 aromatic carbocycles. The van der Waals surface area contributed by atoms with Crippen LogP contribution < -0.4 is 11.0 Å². The first-order valence-corrected chi connectivity index (χ1v) is 14.2. The summed E-state index contributed by atoms with van der Waals surface area (Å²) in [5.41, 5.74) is 2.59. The molecule has 2 saturated carbocycles. The van der Waals surface area contributed by atoms with Gasteiger partial charge in [-0.25, -0.2) is 4.79 Å². The van der Waals surface area contributed by atoms with Gasteiger partial charge in [-0.2, -0.15) is 0 Å². The number of amides is 2. The number of aromatic nitrogens is 2.